The molecule has 1 spiro atoms. The van der Waals surface area contributed by atoms with Crippen molar-refractivity contribution in [1.82, 2.24) is 14.8 Å². The number of rotatable bonds is 3. The van der Waals surface area contributed by atoms with Crippen LogP contribution in [0.2, 0.25) is 0 Å². The Labute approximate surface area is 141 Å². The standard InChI is InChI=1S/C17H25N3O2S/c21-14-9-13(10-14)16(22)20-6-2-17(3-7-20)1-5-19(12-17)11-15-18-4-8-23-15/h4,8,13-14,21H,1-3,5-7,9-12H2. The molecule has 0 aromatic carbocycles. The van der Waals surface area contributed by atoms with E-state index < -0.39 is 0 Å². The summed E-state index contributed by atoms with van der Waals surface area (Å²) in [5.41, 5.74) is 0.410. The topological polar surface area (TPSA) is 56.7 Å². The van der Waals surface area contributed by atoms with E-state index in [0.717, 1.165) is 45.6 Å². The molecule has 1 saturated carbocycles. The number of nitrogens with zero attached hydrogens (tertiary/aromatic N) is 3. The second-order valence-electron chi connectivity index (χ2n) is 7.53. The average Bonchev–Trinajstić information content (AvgIpc) is 3.16. The summed E-state index contributed by atoms with van der Waals surface area (Å²) in [6.07, 6.45) is 6.49. The number of thiazole rings is 1. The number of aromatic nitrogens is 1. The van der Waals surface area contributed by atoms with Gasteiger partial charge in [-0.2, -0.15) is 0 Å². The summed E-state index contributed by atoms with van der Waals surface area (Å²) >= 11 is 1.74. The van der Waals surface area contributed by atoms with Crippen molar-refractivity contribution in [2.24, 2.45) is 11.3 Å². The first-order chi connectivity index (χ1) is 11.1. The van der Waals surface area contributed by atoms with E-state index in [9.17, 15) is 9.90 Å². The first-order valence-electron chi connectivity index (χ1n) is 8.71. The highest BCUT2D eigenvalue weighted by Crippen LogP contribution is 2.41. The summed E-state index contributed by atoms with van der Waals surface area (Å²) in [4.78, 5) is 21.4. The number of piperidine rings is 1. The number of hydrogen-bond donors (Lipinski definition) is 1. The van der Waals surface area contributed by atoms with Gasteiger partial charge in [-0.3, -0.25) is 9.69 Å². The molecule has 5 nitrogen and oxygen atoms in total. The quantitative estimate of drug-likeness (QED) is 0.914. The van der Waals surface area contributed by atoms with Crippen molar-refractivity contribution in [3.8, 4) is 0 Å². The van der Waals surface area contributed by atoms with E-state index in [2.05, 4.69) is 9.88 Å². The molecule has 3 heterocycles. The molecule has 1 amide bonds. The maximum Gasteiger partial charge on any atom is 0.225 e. The number of hydrogen-bond acceptors (Lipinski definition) is 5. The van der Waals surface area contributed by atoms with Crippen LogP contribution in [-0.4, -0.2) is 58.1 Å². The number of aliphatic hydroxyl groups excluding tert-OH is 1. The van der Waals surface area contributed by atoms with E-state index in [1.54, 1.807) is 11.3 Å². The van der Waals surface area contributed by atoms with Gasteiger partial charge >= 0.3 is 0 Å². The number of carbonyl (C=O) groups is 1. The second-order valence-corrected chi connectivity index (χ2v) is 8.51. The van der Waals surface area contributed by atoms with Gasteiger partial charge in [-0.05, 0) is 44.1 Å². The molecule has 0 unspecified atom stereocenters. The molecule has 0 radical (unpaired) electrons. The molecule has 6 heteroatoms. The highest BCUT2D eigenvalue weighted by atomic mass is 32.1. The maximum atomic E-state index is 12.4. The van der Waals surface area contributed by atoms with Crippen molar-refractivity contribution in [1.29, 1.82) is 0 Å². The van der Waals surface area contributed by atoms with Crippen LogP contribution >= 0.6 is 11.3 Å². The Bertz CT molecular complexity index is 548. The third-order valence-electron chi connectivity index (χ3n) is 5.96. The van der Waals surface area contributed by atoms with Crippen LogP contribution in [0.15, 0.2) is 11.6 Å². The zero-order chi connectivity index (χ0) is 15.9. The average molecular weight is 335 g/mol. The molecule has 1 aromatic rings. The minimum atomic E-state index is -0.241. The van der Waals surface area contributed by atoms with Gasteiger partial charge in [-0.25, -0.2) is 4.98 Å². The van der Waals surface area contributed by atoms with Crippen LogP contribution in [-0.2, 0) is 11.3 Å². The number of amides is 1. The third kappa shape index (κ3) is 3.16. The second kappa shape index (κ2) is 6.15. The molecule has 1 N–H and O–H groups in total. The van der Waals surface area contributed by atoms with Gasteiger partial charge in [0.2, 0.25) is 5.91 Å². The van der Waals surface area contributed by atoms with E-state index >= 15 is 0 Å². The molecule has 2 saturated heterocycles. The third-order valence-corrected chi connectivity index (χ3v) is 6.72. The van der Waals surface area contributed by atoms with E-state index in [0.29, 0.717) is 18.3 Å². The Kier molecular flexibility index (Phi) is 4.15. The lowest BCUT2D eigenvalue weighted by atomic mass is 9.76. The van der Waals surface area contributed by atoms with Gasteiger partial charge in [-0.15, -0.1) is 11.3 Å². The van der Waals surface area contributed by atoms with Gasteiger partial charge in [0.1, 0.15) is 5.01 Å². The van der Waals surface area contributed by atoms with Crippen LogP contribution in [0, 0.1) is 11.3 Å². The number of carbonyl (C=O) groups excluding carboxylic acids is 1. The first kappa shape index (κ1) is 15.5. The SMILES string of the molecule is O=C(C1CC(O)C1)N1CCC2(CCN(Cc3nccs3)C2)CC1. The Morgan fingerprint density at radius 3 is 2.70 bits per heavy atom. The van der Waals surface area contributed by atoms with E-state index in [1.807, 2.05) is 16.5 Å². The van der Waals surface area contributed by atoms with Gasteiger partial charge in [0, 0.05) is 37.1 Å². The molecule has 0 bridgehead atoms. The molecule has 0 atom stereocenters. The van der Waals surface area contributed by atoms with Crippen LogP contribution in [0.3, 0.4) is 0 Å². The Morgan fingerprint density at radius 2 is 2.04 bits per heavy atom. The molecule has 4 rings (SSSR count). The van der Waals surface area contributed by atoms with Crippen molar-refractivity contribution < 1.29 is 9.90 Å². The number of likely N-dealkylation sites (tertiary alicyclic amines) is 2. The first-order valence-corrected chi connectivity index (χ1v) is 9.59. The fraction of sp³-hybridized carbons (Fsp3) is 0.765. The molecular formula is C17H25N3O2S. The highest BCUT2D eigenvalue weighted by Gasteiger charge is 2.43. The fourth-order valence-corrected chi connectivity index (χ4v) is 5.00. The maximum absolute atomic E-state index is 12.4. The lowest BCUT2D eigenvalue weighted by Crippen LogP contribution is -2.49. The summed E-state index contributed by atoms with van der Waals surface area (Å²) in [6, 6.07) is 0. The molecule has 3 fully saturated rings. The Hall–Kier alpha value is -0.980. The van der Waals surface area contributed by atoms with E-state index in [-0.39, 0.29) is 17.9 Å². The predicted molar refractivity (Wildman–Crippen MR) is 89.0 cm³/mol. The van der Waals surface area contributed by atoms with Crippen LogP contribution in [0.4, 0.5) is 0 Å². The predicted octanol–water partition coefficient (Wildman–Crippen LogP) is 1.73. The van der Waals surface area contributed by atoms with Crippen molar-refractivity contribution in [2.45, 2.75) is 44.8 Å². The van der Waals surface area contributed by atoms with Crippen LogP contribution in [0.5, 0.6) is 0 Å². The molecule has 1 aromatic heterocycles. The summed E-state index contributed by atoms with van der Waals surface area (Å²) in [6.45, 7) is 5.08. The van der Waals surface area contributed by atoms with Crippen LogP contribution in [0.1, 0.15) is 37.1 Å². The fourth-order valence-electron chi connectivity index (χ4n) is 4.34. The molecule has 23 heavy (non-hydrogen) atoms. The van der Waals surface area contributed by atoms with E-state index in [1.165, 1.54) is 11.4 Å². The van der Waals surface area contributed by atoms with Gasteiger partial charge in [0.15, 0.2) is 0 Å². The van der Waals surface area contributed by atoms with Gasteiger partial charge in [0.05, 0.1) is 12.6 Å². The molecule has 2 aliphatic heterocycles. The van der Waals surface area contributed by atoms with Gasteiger partial charge < -0.3 is 10.0 Å². The normalized spacial score (nSPS) is 30.6. The van der Waals surface area contributed by atoms with Crippen LogP contribution in [0.25, 0.3) is 0 Å². The zero-order valence-corrected chi connectivity index (χ0v) is 14.3. The summed E-state index contributed by atoms with van der Waals surface area (Å²) < 4.78 is 0. The largest absolute Gasteiger partial charge is 0.393 e. The zero-order valence-electron chi connectivity index (χ0n) is 13.5. The molecule has 3 aliphatic rings. The van der Waals surface area contributed by atoms with Gasteiger partial charge in [0.25, 0.3) is 0 Å². The summed E-state index contributed by atoms with van der Waals surface area (Å²) in [5.74, 6) is 0.367. The van der Waals surface area contributed by atoms with Crippen molar-refractivity contribution in [3.63, 3.8) is 0 Å². The molecular weight excluding hydrogens is 310 g/mol. The number of aliphatic hydroxyl groups is 1. The summed E-state index contributed by atoms with van der Waals surface area (Å²) in [5, 5.41) is 12.6. The molecule has 1 aliphatic carbocycles. The summed E-state index contributed by atoms with van der Waals surface area (Å²) in [7, 11) is 0. The lowest BCUT2D eigenvalue weighted by Gasteiger charge is -2.42. The lowest BCUT2D eigenvalue weighted by molar-refractivity contribution is -0.144. The molecule has 126 valence electrons. The Morgan fingerprint density at radius 1 is 1.30 bits per heavy atom. The van der Waals surface area contributed by atoms with E-state index in [4.69, 9.17) is 0 Å². The highest BCUT2D eigenvalue weighted by molar-refractivity contribution is 7.09. The van der Waals surface area contributed by atoms with Crippen LogP contribution < -0.4 is 0 Å². The van der Waals surface area contributed by atoms with Gasteiger partial charge in [-0.1, -0.05) is 0 Å². The monoisotopic (exact) mass is 335 g/mol. The smallest absolute Gasteiger partial charge is 0.225 e. The van der Waals surface area contributed by atoms with Crippen molar-refractivity contribution in [2.75, 3.05) is 26.2 Å². The Balaban J connectivity index is 1.28. The minimum absolute atomic E-state index is 0.0871. The van der Waals surface area contributed by atoms with Crippen molar-refractivity contribution in [3.05, 3.63) is 16.6 Å². The minimum Gasteiger partial charge on any atom is -0.393 e. The van der Waals surface area contributed by atoms with Crippen molar-refractivity contribution >= 4 is 17.2 Å².